The van der Waals surface area contributed by atoms with Gasteiger partial charge in [-0.1, -0.05) is 17.0 Å². The van der Waals surface area contributed by atoms with E-state index in [0.29, 0.717) is 41.5 Å². The van der Waals surface area contributed by atoms with Crippen molar-refractivity contribution in [2.45, 2.75) is 25.9 Å². The molecule has 1 aromatic carbocycles. The van der Waals surface area contributed by atoms with E-state index in [0.717, 1.165) is 5.69 Å². The molecule has 4 rings (SSSR count). The zero-order chi connectivity index (χ0) is 19.9. The number of aromatic nitrogens is 3. The summed E-state index contributed by atoms with van der Waals surface area (Å²) >= 11 is 0. The highest BCUT2D eigenvalue weighted by Crippen LogP contribution is 2.29. The van der Waals surface area contributed by atoms with Crippen LogP contribution >= 0.6 is 0 Å². The van der Waals surface area contributed by atoms with Gasteiger partial charge in [0.1, 0.15) is 22.9 Å². The van der Waals surface area contributed by atoms with Crippen molar-refractivity contribution < 1.29 is 19.2 Å². The first kappa shape index (κ1) is 17.8. The molecule has 0 radical (unpaired) electrons. The minimum absolute atomic E-state index is 0.198. The Balaban J connectivity index is 1.73. The molecule has 1 aliphatic heterocycles. The molecule has 8 heteroatoms. The second kappa shape index (κ2) is 6.55. The van der Waals surface area contributed by atoms with Crippen LogP contribution in [0.1, 0.15) is 40.1 Å². The molecule has 0 spiro atoms. The van der Waals surface area contributed by atoms with Gasteiger partial charge in [0.25, 0.3) is 5.91 Å². The highest BCUT2D eigenvalue weighted by atomic mass is 16.5. The highest BCUT2D eigenvalue weighted by Gasteiger charge is 2.24. The molecule has 1 amide bonds. The number of fused-ring (bicyclic) bond motifs is 3. The lowest BCUT2D eigenvalue weighted by atomic mass is 10.0. The molecule has 1 aliphatic rings. The van der Waals surface area contributed by atoms with Crippen LogP contribution in [-0.4, -0.2) is 32.6 Å². The van der Waals surface area contributed by atoms with Gasteiger partial charge in [0.2, 0.25) is 0 Å². The van der Waals surface area contributed by atoms with Crippen LogP contribution in [0, 0.1) is 18.8 Å². The number of aryl methyl sites for hydroxylation is 1. The first-order chi connectivity index (χ1) is 13.3. The summed E-state index contributed by atoms with van der Waals surface area (Å²) in [6.45, 7) is 3.76. The van der Waals surface area contributed by atoms with Crippen LogP contribution in [0.3, 0.4) is 0 Å². The van der Waals surface area contributed by atoms with Crippen molar-refractivity contribution in [3.05, 3.63) is 58.7 Å². The molecule has 2 aromatic heterocycles. The standard InChI is InChI=1S/C20H18N4O4/c1-12-9-18(23-28-12)20(2,26)7-5-13-3-4-17-16(10-13)24-14(6-8-27-17)11-15(22-24)19(21)25/h3-4,9-11,26H,6,8H2,1-2H3,(H2,21,25). The molecule has 1 atom stereocenters. The Labute approximate surface area is 160 Å². The van der Waals surface area contributed by atoms with E-state index in [1.54, 1.807) is 48.9 Å². The Morgan fingerprint density at radius 2 is 2.18 bits per heavy atom. The van der Waals surface area contributed by atoms with Gasteiger partial charge in [-0.15, -0.1) is 0 Å². The van der Waals surface area contributed by atoms with Crippen molar-refractivity contribution in [1.82, 2.24) is 14.9 Å². The number of hydrogen-bond acceptors (Lipinski definition) is 6. The summed E-state index contributed by atoms with van der Waals surface area (Å²) in [6, 6.07) is 8.67. The van der Waals surface area contributed by atoms with Gasteiger partial charge in [-0.2, -0.15) is 5.10 Å². The summed E-state index contributed by atoms with van der Waals surface area (Å²) in [5, 5.41) is 18.7. The van der Waals surface area contributed by atoms with Crippen LogP contribution in [0.25, 0.3) is 5.69 Å². The molecule has 0 saturated heterocycles. The van der Waals surface area contributed by atoms with Gasteiger partial charge in [0, 0.05) is 23.7 Å². The lowest BCUT2D eigenvalue weighted by Gasteiger charge is -2.12. The largest absolute Gasteiger partial charge is 0.491 e. The predicted octanol–water partition coefficient (Wildman–Crippen LogP) is 1.46. The smallest absolute Gasteiger partial charge is 0.269 e. The van der Waals surface area contributed by atoms with E-state index < -0.39 is 11.5 Å². The van der Waals surface area contributed by atoms with Gasteiger partial charge < -0.3 is 20.1 Å². The van der Waals surface area contributed by atoms with E-state index >= 15 is 0 Å². The highest BCUT2D eigenvalue weighted by molar-refractivity contribution is 5.91. The summed E-state index contributed by atoms with van der Waals surface area (Å²) in [5.41, 5.74) is 6.56. The SMILES string of the molecule is Cc1cc(C(C)(O)C#Cc2ccc3c(c2)-n2nc(C(N)=O)cc2CCO3)no1. The number of amides is 1. The molecule has 3 aromatic rings. The van der Waals surface area contributed by atoms with Crippen molar-refractivity contribution in [3.63, 3.8) is 0 Å². The van der Waals surface area contributed by atoms with Crippen LogP contribution in [0.15, 0.2) is 34.9 Å². The Morgan fingerprint density at radius 1 is 1.36 bits per heavy atom. The van der Waals surface area contributed by atoms with Gasteiger partial charge in [0.15, 0.2) is 11.3 Å². The lowest BCUT2D eigenvalue weighted by molar-refractivity contribution is 0.0995. The molecule has 3 heterocycles. The zero-order valence-corrected chi connectivity index (χ0v) is 15.4. The Hall–Kier alpha value is -3.57. The predicted molar refractivity (Wildman–Crippen MR) is 99.0 cm³/mol. The number of nitrogens with zero attached hydrogens (tertiary/aromatic N) is 3. The number of benzene rings is 1. The second-order valence-corrected chi connectivity index (χ2v) is 6.72. The average molecular weight is 378 g/mol. The number of hydrogen-bond donors (Lipinski definition) is 2. The van der Waals surface area contributed by atoms with Gasteiger partial charge in [-0.3, -0.25) is 4.79 Å². The second-order valence-electron chi connectivity index (χ2n) is 6.72. The summed E-state index contributed by atoms with van der Waals surface area (Å²) in [7, 11) is 0. The summed E-state index contributed by atoms with van der Waals surface area (Å²) < 4.78 is 12.4. The fraction of sp³-hybridized carbons (Fsp3) is 0.250. The third-order valence-corrected chi connectivity index (χ3v) is 4.42. The van der Waals surface area contributed by atoms with Crippen molar-refractivity contribution in [2.75, 3.05) is 6.61 Å². The minimum atomic E-state index is -1.46. The van der Waals surface area contributed by atoms with Crippen molar-refractivity contribution in [1.29, 1.82) is 0 Å². The van der Waals surface area contributed by atoms with Crippen molar-refractivity contribution >= 4 is 5.91 Å². The molecule has 0 aliphatic carbocycles. The maximum absolute atomic E-state index is 11.5. The number of carbonyl (C=O) groups is 1. The van der Waals surface area contributed by atoms with Gasteiger partial charge in [-0.05, 0) is 38.1 Å². The Morgan fingerprint density at radius 3 is 2.89 bits per heavy atom. The Kier molecular flexibility index (Phi) is 4.17. The van der Waals surface area contributed by atoms with E-state index in [9.17, 15) is 9.90 Å². The number of ether oxygens (including phenoxy) is 1. The number of nitrogens with two attached hydrogens (primary N) is 1. The maximum atomic E-state index is 11.5. The number of carbonyl (C=O) groups excluding carboxylic acids is 1. The normalized spacial score (nSPS) is 14.5. The molecule has 0 bridgehead atoms. The fourth-order valence-corrected chi connectivity index (χ4v) is 2.93. The molecule has 0 saturated carbocycles. The molecule has 8 nitrogen and oxygen atoms in total. The third-order valence-electron chi connectivity index (χ3n) is 4.42. The quantitative estimate of drug-likeness (QED) is 0.652. The van der Waals surface area contributed by atoms with Crippen LogP contribution in [0.4, 0.5) is 0 Å². The van der Waals surface area contributed by atoms with Crippen LogP contribution in [0.2, 0.25) is 0 Å². The van der Waals surface area contributed by atoms with E-state index in [1.165, 1.54) is 0 Å². The molecule has 1 unspecified atom stereocenters. The number of primary amides is 1. The van der Waals surface area contributed by atoms with Gasteiger partial charge in [0.05, 0.1) is 6.61 Å². The maximum Gasteiger partial charge on any atom is 0.269 e. The van der Waals surface area contributed by atoms with Crippen LogP contribution < -0.4 is 10.5 Å². The van der Waals surface area contributed by atoms with E-state index in [4.69, 9.17) is 15.0 Å². The number of rotatable bonds is 2. The molecule has 0 fully saturated rings. The minimum Gasteiger partial charge on any atom is -0.491 e. The zero-order valence-electron chi connectivity index (χ0n) is 15.4. The molecular formula is C20H18N4O4. The molecule has 142 valence electrons. The first-order valence-corrected chi connectivity index (χ1v) is 8.69. The average Bonchev–Trinajstić information content (AvgIpc) is 3.24. The van der Waals surface area contributed by atoms with Crippen molar-refractivity contribution in [2.24, 2.45) is 5.73 Å². The monoisotopic (exact) mass is 378 g/mol. The molecule has 28 heavy (non-hydrogen) atoms. The van der Waals surface area contributed by atoms with Gasteiger partial charge >= 0.3 is 0 Å². The van der Waals surface area contributed by atoms with E-state index in [1.807, 2.05) is 0 Å². The first-order valence-electron chi connectivity index (χ1n) is 8.69. The summed E-state index contributed by atoms with van der Waals surface area (Å²) in [5.74, 6) is 6.40. The Bertz CT molecular complexity index is 1130. The summed E-state index contributed by atoms with van der Waals surface area (Å²) in [4.78, 5) is 11.5. The molecular weight excluding hydrogens is 360 g/mol. The van der Waals surface area contributed by atoms with E-state index in [2.05, 4.69) is 22.1 Å². The van der Waals surface area contributed by atoms with Crippen LogP contribution in [0.5, 0.6) is 5.75 Å². The summed E-state index contributed by atoms with van der Waals surface area (Å²) in [6.07, 6.45) is 0.593. The number of aliphatic hydroxyl groups is 1. The van der Waals surface area contributed by atoms with Gasteiger partial charge in [-0.25, -0.2) is 4.68 Å². The molecule has 3 N–H and O–H groups in total. The third kappa shape index (κ3) is 3.23. The van der Waals surface area contributed by atoms with Crippen molar-refractivity contribution in [3.8, 4) is 23.3 Å². The van der Waals surface area contributed by atoms with Crippen LogP contribution in [-0.2, 0) is 12.0 Å². The lowest BCUT2D eigenvalue weighted by Crippen LogP contribution is -2.18. The van der Waals surface area contributed by atoms with E-state index in [-0.39, 0.29) is 5.69 Å². The fourth-order valence-electron chi connectivity index (χ4n) is 2.93. The topological polar surface area (TPSA) is 116 Å².